The Morgan fingerprint density at radius 1 is 1.28 bits per heavy atom. The fourth-order valence-corrected chi connectivity index (χ4v) is 3.37. The molecule has 3 rings (SSSR count). The number of nitrogens with one attached hydrogen (secondary N) is 2. The number of nitrogens with zero attached hydrogens (tertiary/aromatic N) is 4. The fraction of sp³-hybridized carbons (Fsp3) is 0.389. The van der Waals surface area contributed by atoms with E-state index in [2.05, 4.69) is 25.6 Å². The minimum absolute atomic E-state index is 0.0155. The van der Waals surface area contributed by atoms with E-state index in [4.69, 9.17) is 23.2 Å². The molecule has 3 heterocycles. The quantitative estimate of drug-likeness (QED) is 0.425. The summed E-state index contributed by atoms with van der Waals surface area (Å²) in [6, 6.07) is 4.53. The monoisotopic (exact) mass is 446 g/mol. The molecule has 0 amide bonds. The Labute approximate surface area is 176 Å². The van der Waals surface area contributed by atoms with Crippen molar-refractivity contribution in [3.8, 4) is 0 Å². The lowest BCUT2D eigenvalue weighted by Gasteiger charge is -2.21. The second kappa shape index (κ2) is 9.04. The van der Waals surface area contributed by atoms with E-state index in [9.17, 15) is 13.2 Å². The lowest BCUT2D eigenvalue weighted by molar-refractivity contribution is -0.137. The van der Waals surface area contributed by atoms with Gasteiger partial charge >= 0.3 is 6.18 Å². The van der Waals surface area contributed by atoms with E-state index in [1.807, 2.05) is 11.0 Å². The molecule has 1 atom stereocenters. The van der Waals surface area contributed by atoms with Crippen molar-refractivity contribution in [3.63, 3.8) is 0 Å². The molecule has 2 N–H and O–H groups in total. The Morgan fingerprint density at radius 3 is 2.69 bits per heavy atom. The van der Waals surface area contributed by atoms with Crippen molar-refractivity contribution in [1.82, 2.24) is 20.6 Å². The smallest absolute Gasteiger partial charge is 0.353 e. The third-order valence-corrected chi connectivity index (χ3v) is 4.95. The Bertz CT molecular complexity index is 873. The molecule has 0 aromatic carbocycles. The van der Waals surface area contributed by atoms with Crippen molar-refractivity contribution in [2.75, 3.05) is 25.0 Å². The SMILES string of the molecule is CN=C(NCc1ccc(Cl)nc1)NC1CCN(c2ncc(C(F)(F)F)cc2Cl)C1. The van der Waals surface area contributed by atoms with Crippen molar-refractivity contribution in [3.05, 3.63) is 51.9 Å². The number of guanidine groups is 1. The minimum Gasteiger partial charge on any atom is -0.353 e. The largest absolute Gasteiger partial charge is 0.417 e. The number of pyridine rings is 2. The summed E-state index contributed by atoms with van der Waals surface area (Å²) in [5.41, 5.74) is 0.0903. The molecule has 29 heavy (non-hydrogen) atoms. The van der Waals surface area contributed by atoms with Crippen LogP contribution in [0.15, 0.2) is 35.6 Å². The van der Waals surface area contributed by atoms with Gasteiger partial charge in [0.25, 0.3) is 0 Å². The highest BCUT2D eigenvalue weighted by molar-refractivity contribution is 6.33. The van der Waals surface area contributed by atoms with Gasteiger partial charge in [-0.05, 0) is 24.1 Å². The standard InChI is InChI=1S/C18H19Cl2F3N6/c1-24-17(27-8-11-2-3-15(20)25-7-11)28-13-4-5-29(10-13)16-14(19)6-12(9-26-16)18(21,22)23/h2-3,6-7,9,13H,4-5,8,10H2,1H3,(H2,24,27,28). The number of halogens is 5. The minimum atomic E-state index is -4.47. The van der Waals surface area contributed by atoms with Crippen molar-refractivity contribution < 1.29 is 13.2 Å². The van der Waals surface area contributed by atoms with Crippen molar-refractivity contribution in [2.24, 2.45) is 4.99 Å². The highest BCUT2D eigenvalue weighted by atomic mass is 35.5. The summed E-state index contributed by atoms with van der Waals surface area (Å²) in [6.45, 7) is 1.68. The van der Waals surface area contributed by atoms with Crippen molar-refractivity contribution in [1.29, 1.82) is 0 Å². The molecule has 1 saturated heterocycles. The Hall–Kier alpha value is -2.26. The molecule has 11 heteroatoms. The molecule has 2 aromatic rings. The van der Waals surface area contributed by atoms with Crippen molar-refractivity contribution in [2.45, 2.75) is 25.2 Å². The van der Waals surface area contributed by atoms with E-state index in [1.165, 1.54) is 0 Å². The van der Waals surface area contributed by atoms with Gasteiger partial charge in [0.2, 0.25) is 0 Å². The lowest BCUT2D eigenvalue weighted by Crippen LogP contribution is -2.44. The van der Waals surface area contributed by atoms with Crippen LogP contribution in [0.25, 0.3) is 0 Å². The first-order valence-corrected chi connectivity index (χ1v) is 9.57. The molecule has 2 aromatic heterocycles. The number of hydrogen-bond acceptors (Lipinski definition) is 4. The highest BCUT2D eigenvalue weighted by Gasteiger charge is 2.33. The highest BCUT2D eigenvalue weighted by Crippen LogP contribution is 2.34. The average molecular weight is 447 g/mol. The van der Waals surface area contributed by atoms with E-state index in [0.717, 1.165) is 24.2 Å². The Kier molecular flexibility index (Phi) is 6.69. The average Bonchev–Trinajstić information content (AvgIpc) is 3.13. The van der Waals surface area contributed by atoms with Crippen LogP contribution in [0.4, 0.5) is 19.0 Å². The van der Waals surface area contributed by atoms with Crippen LogP contribution in [0.2, 0.25) is 10.2 Å². The number of hydrogen-bond donors (Lipinski definition) is 2. The third-order valence-electron chi connectivity index (χ3n) is 4.45. The molecule has 1 aliphatic rings. The molecule has 156 valence electrons. The summed E-state index contributed by atoms with van der Waals surface area (Å²) in [7, 11) is 1.66. The number of aromatic nitrogens is 2. The number of alkyl halides is 3. The second-order valence-electron chi connectivity index (χ2n) is 6.52. The maximum Gasteiger partial charge on any atom is 0.417 e. The van der Waals surface area contributed by atoms with Gasteiger partial charge in [-0.3, -0.25) is 4.99 Å². The summed E-state index contributed by atoms with van der Waals surface area (Å²) in [5.74, 6) is 0.956. The van der Waals surface area contributed by atoms with Crippen LogP contribution in [0.5, 0.6) is 0 Å². The van der Waals surface area contributed by atoms with Gasteiger partial charge in [-0.1, -0.05) is 29.3 Å². The van der Waals surface area contributed by atoms with Gasteiger partial charge in [0.15, 0.2) is 5.96 Å². The molecule has 0 bridgehead atoms. The first kappa shape index (κ1) is 21.4. The molecular weight excluding hydrogens is 428 g/mol. The summed E-state index contributed by atoms with van der Waals surface area (Å²) in [4.78, 5) is 14.0. The van der Waals surface area contributed by atoms with Crippen LogP contribution in [0, 0.1) is 0 Å². The normalized spacial score (nSPS) is 17.5. The number of aliphatic imine (C=N–C) groups is 1. The Morgan fingerprint density at radius 2 is 2.07 bits per heavy atom. The zero-order valence-electron chi connectivity index (χ0n) is 15.5. The van der Waals surface area contributed by atoms with Crippen LogP contribution in [0.1, 0.15) is 17.5 Å². The predicted octanol–water partition coefficient (Wildman–Crippen LogP) is 3.75. The van der Waals surface area contributed by atoms with Crippen LogP contribution < -0.4 is 15.5 Å². The molecule has 0 radical (unpaired) electrons. The lowest BCUT2D eigenvalue weighted by atomic mass is 10.2. The molecule has 0 saturated carbocycles. The van der Waals surface area contributed by atoms with Gasteiger partial charge < -0.3 is 15.5 Å². The van der Waals surface area contributed by atoms with Crippen LogP contribution in [-0.2, 0) is 12.7 Å². The fourth-order valence-electron chi connectivity index (χ4n) is 2.97. The van der Waals surface area contributed by atoms with Gasteiger partial charge in [-0.2, -0.15) is 13.2 Å². The number of rotatable bonds is 4. The molecule has 1 fully saturated rings. The van der Waals surface area contributed by atoms with Gasteiger partial charge in [-0.15, -0.1) is 0 Å². The van der Waals surface area contributed by atoms with E-state index in [0.29, 0.717) is 36.6 Å². The van der Waals surface area contributed by atoms with Gasteiger partial charge in [-0.25, -0.2) is 9.97 Å². The molecule has 0 aliphatic carbocycles. The van der Waals surface area contributed by atoms with Crippen LogP contribution >= 0.6 is 23.2 Å². The maximum atomic E-state index is 12.8. The molecule has 1 aliphatic heterocycles. The first-order valence-electron chi connectivity index (χ1n) is 8.81. The van der Waals surface area contributed by atoms with E-state index >= 15 is 0 Å². The molecule has 0 spiro atoms. The van der Waals surface area contributed by atoms with E-state index < -0.39 is 11.7 Å². The summed E-state index contributed by atoms with van der Waals surface area (Å²) in [5, 5.41) is 6.91. The summed E-state index contributed by atoms with van der Waals surface area (Å²) < 4.78 is 38.4. The van der Waals surface area contributed by atoms with Gasteiger partial charge in [0.1, 0.15) is 11.0 Å². The molecular formula is C18H19Cl2F3N6. The van der Waals surface area contributed by atoms with Gasteiger partial charge in [0.05, 0.1) is 10.6 Å². The van der Waals surface area contributed by atoms with Crippen molar-refractivity contribution >= 4 is 35.0 Å². The van der Waals surface area contributed by atoms with Crippen LogP contribution in [-0.4, -0.2) is 42.1 Å². The maximum absolute atomic E-state index is 12.8. The van der Waals surface area contributed by atoms with E-state index in [-0.39, 0.29) is 11.1 Å². The zero-order valence-corrected chi connectivity index (χ0v) is 17.0. The topological polar surface area (TPSA) is 65.4 Å². The third kappa shape index (κ3) is 5.63. The second-order valence-corrected chi connectivity index (χ2v) is 7.31. The molecule has 6 nitrogen and oxygen atoms in total. The zero-order chi connectivity index (χ0) is 21.0. The first-order chi connectivity index (χ1) is 13.8. The Balaban J connectivity index is 1.56. The number of anilines is 1. The summed E-state index contributed by atoms with van der Waals surface area (Å²) >= 11 is 11.8. The van der Waals surface area contributed by atoms with Gasteiger partial charge in [0, 0.05) is 45.1 Å². The van der Waals surface area contributed by atoms with E-state index in [1.54, 1.807) is 19.3 Å². The van der Waals surface area contributed by atoms with Crippen LogP contribution in [0.3, 0.4) is 0 Å². The molecule has 1 unspecified atom stereocenters. The predicted molar refractivity (Wildman–Crippen MR) is 107 cm³/mol. The summed E-state index contributed by atoms with van der Waals surface area (Å²) in [6.07, 6.45) is -1.22.